The highest BCUT2D eigenvalue weighted by atomic mass is 35.5. The van der Waals surface area contributed by atoms with E-state index in [0.29, 0.717) is 13.0 Å². The number of hydrogen-bond acceptors (Lipinski definition) is 4. The fourth-order valence-electron chi connectivity index (χ4n) is 2.86. The number of phenolic OH excluding ortho intramolecular Hbond substituents is 3. The third-order valence-electron chi connectivity index (χ3n) is 4.01. The summed E-state index contributed by atoms with van der Waals surface area (Å²) in [5.74, 6) is -0.580. The van der Waals surface area contributed by atoms with Crippen LogP contribution in [0.4, 0.5) is 0 Å². The molecule has 4 N–H and O–H groups in total. The lowest BCUT2D eigenvalue weighted by atomic mass is 9.87. The molecule has 1 atom stereocenters. The van der Waals surface area contributed by atoms with Crippen molar-refractivity contribution in [2.45, 2.75) is 12.3 Å². The number of phenols is 3. The molecule has 0 bridgehead atoms. The van der Waals surface area contributed by atoms with Crippen LogP contribution in [0.15, 0.2) is 24.3 Å². The third-order valence-corrected chi connectivity index (χ3v) is 4.72. The van der Waals surface area contributed by atoms with Gasteiger partial charge < -0.3 is 20.6 Å². The van der Waals surface area contributed by atoms with E-state index in [-0.39, 0.29) is 33.2 Å². The van der Waals surface area contributed by atoms with Crippen molar-refractivity contribution in [1.82, 2.24) is 5.32 Å². The highest BCUT2D eigenvalue weighted by molar-refractivity contribution is 6.33. The number of hydrogen-bond donors (Lipinski definition) is 4. The van der Waals surface area contributed by atoms with Crippen LogP contribution in [-0.4, -0.2) is 28.4 Å². The van der Waals surface area contributed by atoms with Gasteiger partial charge in [-0.1, -0.05) is 29.3 Å². The van der Waals surface area contributed by atoms with Gasteiger partial charge in [-0.2, -0.15) is 0 Å². The maximum atomic E-state index is 9.89. The van der Waals surface area contributed by atoms with E-state index in [4.69, 9.17) is 23.2 Å². The van der Waals surface area contributed by atoms with Crippen LogP contribution in [-0.2, 0) is 6.42 Å². The van der Waals surface area contributed by atoms with Crippen LogP contribution in [0.3, 0.4) is 0 Å². The quantitative estimate of drug-likeness (QED) is 0.601. The molecule has 116 valence electrons. The van der Waals surface area contributed by atoms with Crippen LogP contribution >= 0.6 is 23.2 Å². The zero-order chi connectivity index (χ0) is 15.9. The summed E-state index contributed by atoms with van der Waals surface area (Å²) < 4.78 is 0. The molecule has 1 aliphatic heterocycles. The Morgan fingerprint density at radius 2 is 1.82 bits per heavy atom. The molecule has 0 amide bonds. The van der Waals surface area contributed by atoms with Crippen LogP contribution in [0.1, 0.15) is 22.6 Å². The first-order valence-corrected chi connectivity index (χ1v) is 7.67. The van der Waals surface area contributed by atoms with Crippen LogP contribution < -0.4 is 5.32 Å². The number of benzene rings is 2. The minimum absolute atomic E-state index is 0.0267. The van der Waals surface area contributed by atoms with E-state index < -0.39 is 0 Å². The molecule has 22 heavy (non-hydrogen) atoms. The molecule has 3 rings (SSSR count). The normalized spacial score (nSPS) is 17.8. The first-order valence-electron chi connectivity index (χ1n) is 6.91. The highest BCUT2D eigenvalue weighted by Gasteiger charge is 2.25. The Kier molecular flexibility index (Phi) is 4.08. The van der Waals surface area contributed by atoms with Crippen molar-refractivity contribution in [3.8, 4) is 17.2 Å². The molecule has 4 nitrogen and oxygen atoms in total. The Morgan fingerprint density at radius 3 is 2.55 bits per heavy atom. The topological polar surface area (TPSA) is 72.7 Å². The molecule has 0 aromatic heterocycles. The van der Waals surface area contributed by atoms with Crippen molar-refractivity contribution in [1.29, 1.82) is 0 Å². The molecule has 2 aromatic rings. The molecule has 1 unspecified atom stereocenters. The van der Waals surface area contributed by atoms with Gasteiger partial charge in [0.15, 0.2) is 11.5 Å². The van der Waals surface area contributed by atoms with Crippen molar-refractivity contribution in [2.24, 2.45) is 0 Å². The lowest BCUT2D eigenvalue weighted by Crippen LogP contribution is -2.20. The largest absolute Gasteiger partial charge is 0.506 e. The third kappa shape index (κ3) is 2.58. The predicted molar refractivity (Wildman–Crippen MR) is 86.3 cm³/mol. The van der Waals surface area contributed by atoms with Gasteiger partial charge in [0.1, 0.15) is 5.75 Å². The van der Waals surface area contributed by atoms with E-state index in [0.717, 1.165) is 23.2 Å². The standard InChI is InChI=1S/C16H15Cl2NO3/c17-12-5-8(1-2-13(12)20)11-7-19-4-3-9-10(11)6-14(21)16(22)15(9)18/h1-2,5-6,11,19-22H,3-4,7H2. The molecule has 1 aliphatic rings. The number of nitrogens with one attached hydrogen (secondary N) is 1. The Balaban J connectivity index is 2.16. The summed E-state index contributed by atoms with van der Waals surface area (Å²) in [7, 11) is 0. The zero-order valence-electron chi connectivity index (χ0n) is 11.6. The lowest BCUT2D eigenvalue weighted by molar-refractivity contribution is 0.402. The Hall–Kier alpha value is -1.62. The molecular formula is C16H15Cl2NO3. The van der Waals surface area contributed by atoms with Gasteiger partial charge in [0.2, 0.25) is 0 Å². The van der Waals surface area contributed by atoms with Crippen LogP contribution in [0, 0.1) is 0 Å². The van der Waals surface area contributed by atoms with Crippen molar-refractivity contribution < 1.29 is 15.3 Å². The van der Waals surface area contributed by atoms with E-state index in [1.807, 2.05) is 0 Å². The van der Waals surface area contributed by atoms with E-state index in [9.17, 15) is 15.3 Å². The average molecular weight is 340 g/mol. The molecule has 0 saturated carbocycles. The molecule has 0 saturated heterocycles. The summed E-state index contributed by atoms with van der Waals surface area (Å²) in [5, 5.41) is 33.1. The van der Waals surface area contributed by atoms with Gasteiger partial charge in [-0.25, -0.2) is 0 Å². The number of halogens is 2. The second kappa shape index (κ2) is 5.88. The molecule has 2 aromatic carbocycles. The second-order valence-corrected chi connectivity index (χ2v) is 6.13. The summed E-state index contributed by atoms with van der Waals surface area (Å²) in [6.45, 7) is 1.37. The molecular weight excluding hydrogens is 325 g/mol. The average Bonchev–Trinajstić information content (AvgIpc) is 2.70. The summed E-state index contributed by atoms with van der Waals surface area (Å²) in [6.07, 6.45) is 0.657. The molecule has 6 heteroatoms. The molecule has 0 spiro atoms. The summed E-state index contributed by atoms with van der Waals surface area (Å²) in [5.41, 5.74) is 2.57. The van der Waals surface area contributed by atoms with Gasteiger partial charge >= 0.3 is 0 Å². The van der Waals surface area contributed by atoms with Gasteiger partial charge in [-0.15, -0.1) is 0 Å². The number of rotatable bonds is 1. The first-order chi connectivity index (χ1) is 10.5. The van der Waals surface area contributed by atoms with Gasteiger partial charge in [-0.05, 0) is 47.9 Å². The maximum absolute atomic E-state index is 9.89. The minimum Gasteiger partial charge on any atom is -0.506 e. The smallest absolute Gasteiger partial charge is 0.176 e. The lowest BCUT2D eigenvalue weighted by Gasteiger charge is -2.20. The summed E-state index contributed by atoms with van der Waals surface area (Å²) >= 11 is 12.2. The van der Waals surface area contributed by atoms with Crippen LogP contribution in [0.2, 0.25) is 10.0 Å². The fraction of sp³-hybridized carbons (Fsp3) is 0.250. The molecule has 0 radical (unpaired) electrons. The molecule has 0 aliphatic carbocycles. The maximum Gasteiger partial charge on any atom is 0.176 e. The Bertz CT molecular complexity index is 734. The SMILES string of the molecule is Oc1ccc(C2CNCCc3c2cc(O)c(O)c3Cl)cc1Cl. The van der Waals surface area contributed by atoms with Crippen molar-refractivity contribution >= 4 is 23.2 Å². The minimum atomic E-state index is -0.287. The van der Waals surface area contributed by atoms with Crippen molar-refractivity contribution in [2.75, 3.05) is 13.1 Å². The van der Waals surface area contributed by atoms with Gasteiger partial charge in [-0.3, -0.25) is 0 Å². The van der Waals surface area contributed by atoms with Crippen molar-refractivity contribution in [3.05, 3.63) is 51.0 Å². The molecule has 1 heterocycles. The van der Waals surface area contributed by atoms with E-state index in [1.54, 1.807) is 24.3 Å². The van der Waals surface area contributed by atoms with E-state index >= 15 is 0 Å². The van der Waals surface area contributed by atoms with E-state index in [1.165, 1.54) is 0 Å². The summed E-state index contributed by atoms with van der Waals surface area (Å²) in [4.78, 5) is 0. The van der Waals surface area contributed by atoms with Gasteiger partial charge in [0.05, 0.1) is 10.0 Å². The Morgan fingerprint density at radius 1 is 1.05 bits per heavy atom. The van der Waals surface area contributed by atoms with Gasteiger partial charge in [0.25, 0.3) is 0 Å². The number of fused-ring (bicyclic) bond motifs is 1. The zero-order valence-corrected chi connectivity index (χ0v) is 13.1. The first kappa shape index (κ1) is 15.3. The highest BCUT2D eigenvalue weighted by Crippen LogP contribution is 2.43. The molecule has 0 fully saturated rings. The predicted octanol–water partition coefficient (Wildman–Crippen LogP) is 3.39. The fourth-order valence-corrected chi connectivity index (χ4v) is 3.35. The Labute approximate surface area is 137 Å². The number of aromatic hydroxyl groups is 3. The van der Waals surface area contributed by atoms with E-state index in [2.05, 4.69) is 5.32 Å². The van der Waals surface area contributed by atoms with Gasteiger partial charge in [0, 0.05) is 12.5 Å². The van der Waals surface area contributed by atoms with Crippen LogP contribution in [0.25, 0.3) is 0 Å². The van der Waals surface area contributed by atoms with Crippen LogP contribution in [0.5, 0.6) is 17.2 Å². The second-order valence-electron chi connectivity index (χ2n) is 5.34. The monoisotopic (exact) mass is 339 g/mol. The van der Waals surface area contributed by atoms with Crippen molar-refractivity contribution in [3.63, 3.8) is 0 Å². The summed E-state index contributed by atoms with van der Waals surface area (Å²) in [6, 6.07) is 6.59.